The van der Waals surface area contributed by atoms with Crippen LogP contribution in [0.2, 0.25) is 0 Å². The predicted molar refractivity (Wildman–Crippen MR) is 112 cm³/mol. The van der Waals surface area contributed by atoms with Gasteiger partial charge >= 0.3 is 6.09 Å². The summed E-state index contributed by atoms with van der Waals surface area (Å²) in [6.45, 7) is 8.26. The fraction of sp³-hybridized carbons (Fsp3) is 0.636. The maximum absolute atomic E-state index is 12.7. The van der Waals surface area contributed by atoms with Gasteiger partial charge in [-0.1, -0.05) is 0 Å². The third-order valence-electron chi connectivity index (χ3n) is 5.41. The van der Waals surface area contributed by atoms with E-state index in [4.69, 9.17) is 15.2 Å². The number of anilines is 1. The standard InChI is InChI=1S/C22H33N3O4/c1-22(2,3)29-21(27)25-8-4-15(5-9-25)16-12-17(14-18(23)13-16)20(26)24-19-6-10-28-11-7-19/h12-15,19H,4-11,23H2,1-3H3,(H,24,26). The first-order valence-electron chi connectivity index (χ1n) is 10.5. The predicted octanol–water partition coefficient (Wildman–Crippen LogP) is 3.29. The number of piperidine rings is 1. The summed E-state index contributed by atoms with van der Waals surface area (Å²) in [6.07, 6.45) is 3.06. The van der Waals surface area contributed by atoms with Gasteiger partial charge in [-0.25, -0.2) is 4.79 Å². The number of ether oxygens (including phenoxy) is 2. The maximum Gasteiger partial charge on any atom is 0.410 e. The number of amides is 2. The minimum atomic E-state index is -0.492. The molecule has 0 spiro atoms. The average Bonchev–Trinajstić information content (AvgIpc) is 2.67. The van der Waals surface area contributed by atoms with Crippen molar-refractivity contribution in [3.63, 3.8) is 0 Å². The van der Waals surface area contributed by atoms with Crippen LogP contribution < -0.4 is 11.1 Å². The van der Waals surface area contributed by atoms with Crippen LogP contribution in [0.5, 0.6) is 0 Å². The van der Waals surface area contributed by atoms with Gasteiger partial charge in [-0.05, 0) is 76.1 Å². The molecule has 2 heterocycles. The number of nitrogen functional groups attached to an aromatic ring is 1. The highest BCUT2D eigenvalue weighted by Gasteiger charge is 2.28. The van der Waals surface area contributed by atoms with Gasteiger partial charge in [-0.3, -0.25) is 4.79 Å². The Morgan fingerprint density at radius 3 is 2.38 bits per heavy atom. The van der Waals surface area contributed by atoms with E-state index in [-0.39, 0.29) is 24.0 Å². The molecule has 2 amide bonds. The molecule has 1 aromatic rings. The molecule has 0 unspecified atom stereocenters. The molecule has 1 aromatic carbocycles. The Hall–Kier alpha value is -2.28. The lowest BCUT2D eigenvalue weighted by Gasteiger charge is -2.33. The summed E-state index contributed by atoms with van der Waals surface area (Å²) in [6, 6.07) is 5.77. The number of rotatable bonds is 3. The lowest BCUT2D eigenvalue weighted by atomic mass is 9.88. The van der Waals surface area contributed by atoms with E-state index in [0.29, 0.717) is 37.6 Å². The average molecular weight is 404 g/mol. The second-order valence-electron chi connectivity index (χ2n) is 8.99. The van der Waals surface area contributed by atoms with E-state index in [0.717, 1.165) is 31.2 Å². The Balaban J connectivity index is 1.61. The van der Waals surface area contributed by atoms with Crippen molar-refractivity contribution in [3.05, 3.63) is 29.3 Å². The molecular formula is C22H33N3O4. The van der Waals surface area contributed by atoms with E-state index in [2.05, 4.69) is 5.32 Å². The number of nitrogens with two attached hydrogens (primary N) is 1. The molecule has 0 aliphatic carbocycles. The Kier molecular flexibility index (Phi) is 6.67. The van der Waals surface area contributed by atoms with Crippen LogP contribution in [0.3, 0.4) is 0 Å². The molecule has 29 heavy (non-hydrogen) atoms. The van der Waals surface area contributed by atoms with Gasteiger partial charge in [-0.2, -0.15) is 0 Å². The zero-order valence-electron chi connectivity index (χ0n) is 17.7. The van der Waals surface area contributed by atoms with Crippen LogP contribution in [0.15, 0.2) is 18.2 Å². The van der Waals surface area contributed by atoms with E-state index in [1.165, 1.54) is 0 Å². The third-order valence-corrected chi connectivity index (χ3v) is 5.41. The summed E-state index contributed by atoms with van der Waals surface area (Å²) >= 11 is 0. The molecule has 0 radical (unpaired) electrons. The molecule has 7 heteroatoms. The molecule has 0 saturated carbocycles. The van der Waals surface area contributed by atoms with Gasteiger partial charge in [0.05, 0.1) is 0 Å². The van der Waals surface area contributed by atoms with Crippen molar-refractivity contribution in [3.8, 4) is 0 Å². The van der Waals surface area contributed by atoms with Gasteiger partial charge < -0.3 is 25.4 Å². The highest BCUT2D eigenvalue weighted by molar-refractivity contribution is 5.95. The Morgan fingerprint density at radius 1 is 1.10 bits per heavy atom. The molecule has 2 saturated heterocycles. The maximum atomic E-state index is 12.7. The zero-order valence-corrected chi connectivity index (χ0v) is 17.7. The van der Waals surface area contributed by atoms with E-state index >= 15 is 0 Å². The normalized spacial score (nSPS) is 19.1. The summed E-state index contributed by atoms with van der Waals surface area (Å²) in [4.78, 5) is 26.7. The Morgan fingerprint density at radius 2 is 1.76 bits per heavy atom. The molecule has 0 bridgehead atoms. The number of carbonyl (C=O) groups is 2. The number of nitrogens with zero attached hydrogens (tertiary/aromatic N) is 1. The van der Waals surface area contributed by atoms with Crippen LogP contribution in [-0.2, 0) is 9.47 Å². The number of hydrogen-bond acceptors (Lipinski definition) is 5. The molecule has 7 nitrogen and oxygen atoms in total. The fourth-order valence-electron chi connectivity index (χ4n) is 3.88. The van der Waals surface area contributed by atoms with E-state index in [9.17, 15) is 9.59 Å². The molecule has 2 aliphatic heterocycles. The number of likely N-dealkylation sites (tertiary alicyclic amines) is 1. The summed E-state index contributed by atoms with van der Waals surface area (Å²) in [5, 5.41) is 3.09. The molecule has 160 valence electrons. The van der Waals surface area contributed by atoms with Crippen molar-refractivity contribution in [2.45, 2.75) is 64.0 Å². The molecule has 2 aliphatic rings. The number of nitrogens with one attached hydrogen (secondary N) is 1. The largest absolute Gasteiger partial charge is 0.444 e. The van der Waals surface area contributed by atoms with Crippen molar-refractivity contribution < 1.29 is 19.1 Å². The van der Waals surface area contributed by atoms with Gasteiger partial charge in [0, 0.05) is 43.6 Å². The quantitative estimate of drug-likeness (QED) is 0.756. The first kappa shape index (κ1) is 21.4. The molecule has 2 fully saturated rings. The van der Waals surface area contributed by atoms with Crippen molar-refractivity contribution in [1.82, 2.24) is 10.2 Å². The number of carbonyl (C=O) groups excluding carboxylic acids is 2. The van der Waals surface area contributed by atoms with Crippen LogP contribution in [0.1, 0.15) is 68.3 Å². The van der Waals surface area contributed by atoms with Crippen LogP contribution >= 0.6 is 0 Å². The fourth-order valence-corrected chi connectivity index (χ4v) is 3.88. The summed E-state index contributed by atoms with van der Waals surface area (Å²) in [5.74, 6) is 0.184. The molecule has 3 rings (SSSR count). The van der Waals surface area contributed by atoms with Gasteiger partial charge in [0.1, 0.15) is 5.60 Å². The molecule has 0 aromatic heterocycles. The second-order valence-corrected chi connectivity index (χ2v) is 8.99. The van der Waals surface area contributed by atoms with Crippen LogP contribution in [-0.4, -0.2) is 54.8 Å². The van der Waals surface area contributed by atoms with E-state index < -0.39 is 5.60 Å². The summed E-state index contributed by atoms with van der Waals surface area (Å²) in [5.41, 5.74) is 7.86. The lowest BCUT2D eigenvalue weighted by molar-refractivity contribution is 0.0204. The van der Waals surface area contributed by atoms with Crippen molar-refractivity contribution in [2.75, 3.05) is 32.0 Å². The summed E-state index contributed by atoms with van der Waals surface area (Å²) in [7, 11) is 0. The minimum absolute atomic E-state index is 0.0864. The zero-order chi connectivity index (χ0) is 21.0. The second kappa shape index (κ2) is 9.03. The number of benzene rings is 1. The third kappa shape index (κ3) is 6.10. The molecular weight excluding hydrogens is 370 g/mol. The SMILES string of the molecule is CC(C)(C)OC(=O)N1CCC(c2cc(N)cc(C(=O)NC3CCOCC3)c2)CC1. The van der Waals surface area contributed by atoms with E-state index in [1.54, 1.807) is 11.0 Å². The minimum Gasteiger partial charge on any atom is -0.444 e. The highest BCUT2D eigenvalue weighted by atomic mass is 16.6. The first-order chi connectivity index (χ1) is 13.7. The van der Waals surface area contributed by atoms with Crippen LogP contribution in [0, 0.1) is 0 Å². The molecule has 0 atom stereocenters. The van der Waals surface area contributed by atoms with Gasteiger partial charge in [0.2, 0.25) is 0 Å². The van der Waals surface area contributed by atoms with E-state index in [1.807, 2.05) is 32.9 Å². The topological polar surface area (TPSA) is 93.9 Å². The molecule has 3 N–H and O–H groups in total. The number of hydrogen-bond donors (Lipinski definition) is 2. The highest BCUT2D eigenvalue weighted by Crippen LogP contribution is 2.31. The van der Waals surface area contributed by atoms with Crippen molar-refractivity contribution >= 4 is 17.7 Å². The van der Waals surface area contributed by atoms with Crippen molar-refractivity contribution in [1.29, 1.82) is 0 Å². The van der Waals surface area contributed by atoms with Gasteiger partial charge in [0.25, 0.3) is 5.91 Å². The monoisotopic (exact) mass is 403 g/mol. The van der Waals surface area contributed by atoms with Crippen molar-refractivity contribution in [2.24, 2.45) is 0 Å². The van der Waals surface area contributed by atoms with Crippen LogP contribution in [0.25, 0.3) is 0 Å². The first-order valence-corrected chi connectivity index (χ1v) is 10.5. The summed E-state index contributed by atoms with van der Waals surface area (Å²) < 4.78 is 10.8. The van der Waals surface area contributed by atoms with Gasteiger partial charge in [-0.15, -0.1) is 0 Å². The smallest absolute Gasteiger partial charge is 0.410 e. The Bertz CT molecular complexity index is 730. The van der Waals surface area contributed by atoms with Gasteiger partial charge in [0.15, 0.2) is 0 Å². The lowest BCUT2D eigenvalue weighted by Crippen LogP contribution is -2.41. The Labute approximate surface area is 172 Å². The van der Waals surface area contributed by atoms with Crippen LogP contribution in [0.4, 0.5) is 10.5 Å².